The average molecular weight is 438 g/mol. The second-order valence-corrected chi connectivity index (χ2v) is 9.85. The zero-order valence-corrected chi connectivity index (χ0v) is 17.8. The number of benzene rings is 1. The lowest BCUT2D eigenvalue weighted by Gasteiger charge is -2.38. The molecule has 1 aromatic carbocycles. The van der Waals surface area contributed by atoms with Crippen LogP contribution in [0, 0.1) is 17.8 Å². The molecule has 9 heteroatoms. The maximum Gasteiger partial charge on any atom is 0.248 e. The molecule has 1 spiro atoms. The first-order valence-electron chi connectivity index (χ1n) is 9.73. The van der Waals surface area contributed by atoms with E-state index in [9.17, 15) is 19.5 Å². The fourth-order valence-corrected chi connectivity index (χ4v) is 8.00. The summed E-state index contributed by atoms with van der Waals surface area (Å²) in [5.74, 6) is -1.68. The van der Waals surface area contributed by atoms with E-state index in [0.717, 1.165) is 6.42 Å². The molecule has 0 saturated carbocycles. The first kappa shape index (κ1) is 20.5. The van der Waals surface area contributed by atoms with Gasteiger partial charge in [0.25, 0.3) is 0 Å². The van der Waals surface area contributed by atoms with E-state index in [1.54, 1.807) is 43.1 Å². The van der Waals surface area contributed by atoms with Gasteiger partial charge in [-0.05, 0) is 24.5 Å². The van der Waals surface area contributed by atoms with Crippen LogP contribution in [-0.4, -0.2) is 64.0 Å². The molecule has 4 rings (SSSR count). The maximum absolute atomic E-state index is 13.5. The van der Waals surface area contributed by atoms with Crippen LogP contribution < -0.4 is 10.6 Å². The number of nitrogens with one attached hydrogen (secondary N) is 2. The number of likely N-dealkylation sites (tertiary alicyclic amines) is 1. The predicted molar refractivity (Wildman–Crippen MR) is 112 cm³/mol. The number of amides is 3. The van der Waals surface area contributed by atoms with Crippen molar-refractivity contribution in [1.82, 2.24) is 10.2 Å². The molecule has 29 heavy (non-hydrogen) atoms. The third-order valence-corrected chi connectivity index (χ3v) is 8.92. The quantitative estimate of drug-likeness (QED) is 0.646. The number of nitrogens with zero attached hydrogens (tertiary/aromatic N) is 1. The highest BCUT2D eigenvalue weighted by molar-refractivity contribution is 8.02. The Morgan fingerprint density at radius 1 is 1.34 bits per heavy atom. The Kier molecular flexibility index (Phi) is 5.29. The fraction of sp³-hybridized carbons (Fsp3) is 0.550. The summed E-state index contributed by atoms with van der Waals surface area (Å²) in [5, 5.41) is 15.5. The van der Waals surface area contributed by atoms with Gasteiger partial charge < -0.3 is 20.6 Å². The molecule has 3 N–H and O–H groups in total. The van der Waals surface area contributed by atoms with E-state index in [1.807, 2.05) is 6.92 Å². The number of aliphatic hydroxyl groups excluding tert-OH is 1. The molecule has 2 bridgehead atoms. The van der Waals surface area contributed by atoms with Crippen LogP contribution in [0.15, 0.2) is 24.3 Å². The largest absolute Gasteiger partial charge is 0.395 e. The van der Waals surface area contributed by atoms with Gasteiger partial charge in [0.1, 0.15) is 6.04 Å². The van der Waals surface area contributed by atoms with Gasteiger partial charge in [0.2, 0.25) is 17.7 Å². The molecule has 3 unspecified atom stereocenters. The van der Waals surface area contributed by atoms with Crippen molar-refractivity contribution in [3.05, 3.63) is 29.3 Å². The first-order valence-corrected chi connectivity index (χ1v) is 11.0. The van der Waals surface area contributed by atoms with Gasteiger partial charge in [-0.2, -0.15) is 0 Å². The zero-order chi connectivity index (χ0) is 20.9. The van der Waals surface area contributed by atoms with Crippen molar-refractivity contribution < 1.29 is 19.5 Å². The van der Waals surface area contributed by atoms with Crippen LogP contribution in [0.1, 0.15) is 13.3 Å². The number of rotatable bonds is 5. The second kappa shape index (κ2) is 7.49. The highest BCUT2D eigenvalue weighted by atomic mass is 35.5. The smallest absolute Gasteiger partial charge is 0.248 e. The van der Waals surface area contributed by atoms with Crippen LogP contribution in [-0.2, 0) is 14.4 Å². The van der Waals surface area contributed by atoms with Crippen LogP contribution in [0.2, 0.25) is 5.02 Å². The molecule has 3 heterocycles. The molecule has 0 radical (unpaired) electrons. The van der Waals surface area contributed by atoms with E-state index in [2.05, 4.69) is 10.6 Å². The molecule has 0 aromatic heterocycles. The summed E-state index contributed by atoms with van der Waals surface area (Å²) in [6, 6.07) is 6.16. The van der Waals surface area contributed by atoms with Crippen LogP contribution in [0.25, 0.3) is 0 Å². The third kappa shape index (κ3) is 2.87. The van der Waals surface area contributed by atoms with E-state index in [1.165, 1.54) is 4.90 Å². The van der Waals surface area contributed by atoms with Gasteiger partial charge >= 0.3 is 0 Å². The number of carbonyl (C=O) groups excluding carboxylic acids is 3. The van der Waals surface area contributed by atoms with Crippen LogP contribution in [0.3, 0.4) is 0 Å². The number of hydrogen-bond acceptors (Lipinski definition) is 5. The molecule has 3 aliphatic heterocycles. The molecule has 7 nitrogen and oxygen atoms in total. The predicted octanol–water partition coefficient (Wildman–Crippen LogP) is 1.35. The van der Waals surface area contributed by atoms with E-state index < -0.39 is 22.6 Å². The number of thioether (sulfide) groups is 1. The number of fused-ring (bicyclic) bond motifs is 1. The van der Waals surface area contributed by atoms with Crippen LogP contribution >= 0.6 is 23.4 Å². The van der Waals surface area contributed by atoms with E-state index in [-0.39, 0.29) is 42.0 Å². The van der Waals surface area contributed by atoms with Gasteiger partial charge in [-0.15, -0.1) is 11.8 Å². The van der Waals surface area contributed by atoms with Gasteiger partial charge in [0.15, 0.2) is 0 Å². The SMILES string of the molecule is CNC(=O)[C@@H]1[C@@H]2CC(C)C3(S2)C(C(=O)Nc2ccccc2Cl)N(CCO)C(=O)[C@H]13. The Hall–Kier alpha value is -1.77. The minimum absolute atomic E-state index is 0.00536. The molecule has 1 aromatic rings. The summed E-state index contributed by atoms with van der Waals surface area (Å²) in [4.78, 5) is 40.9. The maximum atomic E-state index is 13.5. The Labute approximate surface area is 178 Å². The van der Waals surface area contributed by atoms with Gasteiger partial charge in [-0.1, -0.05) is 30.7 Å². The van der Waals surface area contributed by atoms with Crippen LogP contribution in [0.5, 0.6) is 0 Å². The normalized spacial score (nSPS) is 35.0. The van der Waals surface area contributed by atoms with E-state index in [0.29, 0.717) is 10.7 Å². The van der Waals surface area contributed by atoms with E-state index in [4.69, 9.17) is 11.6 Å². The summed E-state index contributed by atoms with van der Waals surface area (Å²) in [5.41, 5.74) is 0.475. The number of anilines is 1. The molecular formula is C20H24ClN3O4S. The number of carbonyl (C=O) groups is 3. The van der Waals surface area contributed by atoms with Gasteiger partial charge in [-0.25, -0.2) is 0 Å². The lowest BCUT2D eigenvalue weighted by molar-refractivity contribution is -0.139. The van der Waals surface area contributed by atoms with Crippen molar-refractivity contribution in [2.45, 2.75) is 29.4 Å². The van der Waals surface area contributed by atoms with Crippen molar-refractivity contribution in [2.75, 3.05) is 25.5 Å². The van der Waals surface area contributed by atoms with Gasteiger partial charge in [-0.3, -0.25) is 14.4 Å². The lowest BCUT2D eigenvalue weighted by Crippen LogP contribution is -2.55. The minimum Gasteiger partial charge on any atom is -0.395 e. The molecule has 6 atom stereocenters. The number of aliphatic hydroxyl groups is 1. The summed E-state index contributed by atoms with van der Waals surface area (Å²) in [6.45, 7) is 1.85. The van der Waals surface area contributed by atoms with Gasteiger partial charge in [0, 0.05) is 18.8 Å². The van der Waals surface area contributed by atoms with E-state index >= 15 is 0 Å². The molecule has 0 aliphatic carbocycles. The Balaban J connectivity index is 1.75. The number of para-hydroxylation sites is 1. The Morgan fingerprint density at radius 3 is 2.72 bits per heavy atom. The van der Waals surface area contributed by atoms with Gasteiger partial charge in [0.05, 0.1) is 33.9 Å². The molecular weight excluding hydrogens is 414 g/mol. The third-order valence-electron chi connectivity index (χ3n) is 6.52. The summed E-state index contributed by atoms with van der Waals surface area (Å²) >= 11 is 7.80. The summed E-state index contributed by atoms with van der Waals surface area (Å²) < 4.78 is -0.695. The van der Waals surface area contributed by atoms with Crippen LogP contribution in [0.4, 0.5) is 5.69 Å². The second-order valence-electron chi connectivity index (χ2n) is 7.89. The molecule has 3 fully saturated rings. The molecule has 3 amide bonds. The topological polar surface area (TPSA) is 98.7 Å². The first-order chi connectivity index (χ1) is 13.9. The van der Waals surface area contributed by atoms with Crippen molar-refractivity contribution >= 4 is 46.8 Å². The van der Waals surface area contributed by atoms with Crippen molar-refractivity contribution in [3.8, 4) is 0 Å². The number of hydrogen-bond donors (Lipinski definition) is 3. The fourth-order valence-electron chi connectivity index (χ4n) is 5.40. The summed E-state index contributed by atoms with van der Waals surface area (Å²) in [7, 11) is 1.57. The minimum atomic E-state index is -0.775. The average Bonchev–Trinajstić information content (AvgIpc) is 3.28. The Bertz CT molecular complexity index is 868. The highest BCUT2D eigenvalue weighted by Crippen LogP contribution is 2.68. The summed E-state index contributed by atoms with van der Waals surface area (Å²) in [6.07, 6.45) is 0.773. The standard InChI is InChI=1S/C20H24ClN3O4S/c1-10-9-13-14(17(26)22-2)15-19(28)24(7-8-25)16(20(10,15)29-13)18(27)23-12-6-4-3-5-11(12)21/h3-6,10,13-16,25H,7-9H2,1-2H3,(H,22,26)(H,23,27)/t10?,13-,14+,15-,16?,20?/m0/s1. The van der Waals surface area contributed by atoms with Crippen molar-refractivity contribution in [2.24, 2.45) is 17.8 Å². The monoisotopic (exact) mass is 437 g/mol. The van der Waals surface area contributed by atoms with Crippen molar-refractivity contribution in [1.29, 1.82) is 0 Å². The molecule has 3 aliphatic rings. The number of β-amino-alcohol motifs (C(OH)–C–C–N with tert-alkyl or cyclic N) is 1. The molecule has 3 saturated heterocycles. The lowest BCUT2D eigenvalue weighted by atomic mass is 9.66. The van der Waals surface area contributed by atoms with Crippen molar-refractivity contribution in [3.63, 3.8) is 0 Å². The zero-order valence-electron chi connectivity index (χ0n) is 16.2. The molecule has 156 valence electrons. The number of halogens is 1. The Morgan fingerprint density at radius 2 is 2.07 bits per heavy atom. The highest BCUT2D eigenvalue weighted by Gasteiger charge is 2.75.